The second kappa shape index (κ2) is 5.81. The van der Waals surface area contributed by atoms with Gasteiger partial charge in [0.05, 0.1) is 11.4 Å². The van der Waals surface area contributed by atoms with Crippen LogP contribution in [0.3, 0.4) is 0 Å². The zero-order valence-corrected chi connectivity index (χ0v) is 12.0. The molecular weight excluding hydrogens is 246 g/mol. The van der Waals surface area contributed by atoms with Crippen LogP contribution >= 0.6 is 11.6 Å². The summed E-state index contributed by atoms with van der Waals surface area (Å²) in [5, 5.41) is 0.849. The molecular formula is C14H22ClN3. The minimum Gasteiger partial charge on any atom is -0.373 e. The molecule has 1 heterocycles. The van der Waals surface area contributed by atoms with Gasteiger partial charge in [-0.15, -0.1) is 0 Å². The van der Waals surface area contributed by atoms with E-state index >= 15 is 0 Å². The monoisotopic (exact) mass is 267 g/mol. The summed E-state index contributed by atoms with van der Waals surface area (Å²) in [5.41, 5.74) is 9.39. The number of rotatable bonds is 3. The molecule has 100 valence electrons. The maximum Gasteiger partial charge on any atom is 0.0648 e. The van der Waals surface area contributed by atoms with Gasteiger partial charge in [-0.1, -0.05) is 11.6 Å². The molecule has 0 radical (unpaired) electrons. The molecule has 1 aliphatic heterocycles. The third kappa shape index (κ3) is 2.57. The Morgan fingerprint density at radius 1 is 1.33 bits per heavy atom. The number of anilines is 2. The topological polar surface area (TPSA) is 32.5 Å². The van der Waals surface area contributed by atoms with Crippen LogP contribution in [0, 0.1) is 6.92 Å². The standard InChI is InChI=1S/C14H22ClN3/c1-11-12(15)5-6-13-14(11)18(9-3-7-16)10-4-8-17(13)2/h5-6H,3-4,7-10,16H2,1-2H3. The van der Waals surface area contributed by atoms with Gasteiger partial charge in [-0.05, 0) is 44.0 Å². The highest BCUT2D eigenvalue weighted by Crippen LogP contribution is 2.38. The number of fused-ring (bicyclic) bond motifs is 1. The smallest absolute Gasteiger partial charge is 0.0648 e. The first-order valence-electron chi connectivity index (χ1n) is 6.60. The van der Waals surface area contributed by atoms with Crippen molar-refractivity contribution < 1.29 is 0 Å². The quantitative estimate of drug-likeness (QED) is 0.914. The molecule has 0 spiro atoms. The number of nitrogens with zero attached hydrogens (tertiary/aromatic N) is 2. The zero-order valence-electron chi connectivity index (χ0n) is 11.2. The summed E-state index contributed by atoms with van der Waals surface area (Å²) in [4.78, 5) is 4.76. The lowest BCUT2D eigenvalue weighted by atomic mass is 10.1. The molecule has 0 saturated carbocycles. The van der Waals surface area contributed by atoms with E-state index in [1.165, 1.54) is 23.4 Å². The Bertz CT molecular complexity index is 420. The molecule has 2 rings (SSSR count). The van der Waals surface area contributed by atoms with Crippen LogP contribution in [0.25, 0.3) is 0 Å². The molecule has 0 fully saturated rings. The molecule has 0 unspecified atom stereocenters. The highest BCUT2D eigenvalue weighted by molar-refractivity contribution is 6.32. The van der Waals surface area contributed by atoms with Crippen LogP contribution in [0.2, 0.25) is 5.02 Å². The Hall–Kier alpha value is -0.930. The van der Waals surface area contributed by atoms with Crippen molar-refractivity contribution in [3.8, 4) is 0 Å². The van der Waals surface area contributed by atoms with E-state index < -0.39 is 0 Å². The third-order valence-corrected chi connectivity index (χ3v) is 4.03. The highest BCUT2D eigenvalue weighted by atomic mass is 35.5. The average Bonchev–Trinajstić information content (AvgIpc) is 2.51. The summed E-state index contributed by atoms with van der Waals surface area (Å²) in [6.45, 7) is 6.03. The van der Waals surface area contributed by atoms with Gasteiger partial charge in [0.2, 0.25) is 0 Å². The Balaban J connectivity index is 2.42. The van der Waals surface area contributed by atoms with E-state index in [0.29, 0.717) is 0 Å². The molecule has 0 aliphatic carbocycles. The van der Waals surface area contributed by atoms with Crippen molar-refractivity contribution in [1.82, 2.24) is 0 Å². The second-order valence-corrected chi connectivity index (χ2v) is 5.35. The van der Waals surface area contributed by atoms with Crippen molar-refractivity contribution in [2.24, 2.45) is 5.73 Å². The van der Waals surface area contributed by atoms with Crippen molar-refractivity contribution in [1.29, 1.82) is 0 Å². The van der Waals surface area contributed by atoms with Gasteiger partial charge in [-0.25, -0.2) is 0 Å². The number of halogens is 1. The van der Waals surface area contributed by atoms with E-state index in [2.05, 4.69) is 29.8 Å². The second-order valence-electron chi connectivity index (χ2n) is 4.94. The molecule has 0 saturated heterocycles. The van der Waals surface area contributed by atoms with Gasteiger partial charge in [0.15, 0.2) is 0 Å². The van der Waals surface area contributed by atoms with E-state index in [9.17, 15) is 0 Å². The zero-order chi connectivity index (χ0) is 13.1. The lowest BCUT2D eigenvalue weighted by molar-refractivity contribution is 0.709. The van der Waals surface area contributed by atoms with Crippen LogP contribution in [0.5, 0.6) is 0 Å². The molecule has 4 heteroatoms. The fourth-order valence-electron chi connectivity index (χ4n) is 2.61. The van der Waals surface area contributed by atoms with Crippen LogP contribution < -0.4 is 15.5 Å². The summed E-state index contributed by atoms with van der Waals surface area (Å²) in [6, 6.07) is 4.13. The van der Waals surface area contributed by atoms with Crippen molar-refractivity contribution >= 4 is 23.0 Å². The molecule has 1 aliphatic rings. The summed E-state index contributed by atoms with van der Waals surface area (Å²) in [7, 11) is 2.15. The van der Waals surface area contributed by atoms with E-state index in [-0.39, 0.29) is 0 Å². The van der Waals surface area contributed by atoms with Crippen molar-refractivity contribution in [3.05, 3.63) is 22.7 Å². The molecule has 3 nitrogen and oxygen atoms in total. The van der Waals surface area contributed by atoms with E-state index in [0.717, 1.165) is 37.6 Å². The Kier molecular flexibility index (Phi) is 4.36. The van der Waals surface area contributed by atoms with E-state index in [1.807, 2.05) is 6.07 Å². The Morgan fingerprint density at radius 3 is 2.83 bits per heavy atom. The minimum absolute atomic E-state index is 0.737. The summed E-state index contributed by atoms with van der Waals surface area (Å²) >= 11 is 6.28. The Morgan fingerprint density at radius 2 is 2.11 bits per heavy atom. The maximum atomic E-state index is 6.28. The molecule has 0 amide bonds. The first-order chi connectivity index (χ1) is 8.65. The van der Waals surface area contributed by atoms with Crippen LogP contribution in [0.4, 0.5) is 11.4 Å². The minimum atomic E-state index is 0.737. The van der Waals surface area contributed by atoms with Crippen LogP contribution in [0.1, 0.15) is 18.4 Å². The molecule has 0 aromatic heterocycles. The molecule has 0 atom stereocenters. The van der Waals surface area contributed by atoms with Gasteiger partial charge < -0.3 is 15.5 Å². The lowest BCUT2D eigenvalue weighted by Gasteiger charge is -2.28. The molecule has 1 aromatic carbocycles. The molecule has 18 heavy (non-hydrogen) atoms. The van der Waals surface area contributed by atoms with Crippen LogP contribution in [0.15, 0.2) is 12.1 Å². The van der Waals surface area contributed by atoms with Gasteiger partial charge in [-0.2, -0.15) is 0 Å². The van der Waals surface area contributed by atoms with Gasteiger partial charge in [0.1, 0.15) is 0 Å². The van der Waals surface area contributed by atoms with Crippen molar-refractivity contribution in [3.63, 3.8) is 0 Å². The SMILES string of the molecule is Cc1c(Cl)ccc2c1N(CCCN)CCCN2C. The van der Waals surface area contributed by atoms with E-state index in [4.69, 9.17) is 17.3 Å². The van der Waals surface area contributed by atoms with Gasteiger partial charge >= 0.3 is 0 Å². The van der Waals surface area contributed by atoms with E-state index in [1.54, 1.807) is 0 Å². The molecule has 1 aromatic rings. The van der Waals surface area contributed by atoms with Gasteiger partial charge in [0, 0.05) is 31.7 Å². The van der Waals surface area contributed by atoms with Crippen LogP contribution in [-0.4, -0.2) is 33.2 Å². The first kappa shape index (κ1) is 13.5. The predicted octanol–water partition coefficient (Wildman–Crippen LogP) is 2.64. The lowest BCUT2D eigenvalue weighted by Crippen LogP contribution is -2.27. The van der Waals surface area contributed by atoms with Gasteiger partial charge in [0.25, 0.3) is 0 Å². The summed E-state index contributed by atoms with van der Waals surface area (Å²) < 4.78 is 0. The summed E-state index contributed by atoms with van der Waals surface area (Å²) in [5.74, 6) is 0. The third-order valence-electron chi connectivity index (χ3n) is 3.62. The molecule has 2 N–H and O–H groups in total. The normalized spacial score (nSPS) is 15.6. The number of hydrogen-bond acceptors (Lipinski definition) is 3. The average molecular weight is 268 g/mol. The first-order valence-corrected chi connectivity index (χ1v) is 6.98. The van der Waals surface area contributed by atoms with Crippen molar-refractivity contribution in [2.75, 3.05) is 43.0 Å². The summed E-state index contributed by atoms with van der Waals surface area (Å²) in [6.07, 6.45) is 2.20. The highest BCUT2D eigenvalue weighted by Gasteiger charge is 2.21. The fourth-order valence-corrected chi connectivity index (χ4v) is 2.76. The molecule has 0 bridgehead atoms. The van der Waals surface area contributed by atoms with Crippen LogP contribution in [-0.2, 0) is 0 Å². The fraction of sp³-hybridized carbons (Fsp3) is 0.571. The number of nitrogens with two attached hydrogens (primary N) is 1. The van der Waals surface area contributed by atoms with Gasteiger partial charge in [-0.3, -0.25) is 0 Å². The number of benzene rings is 1. The van der Waals surface area contributed by atoms with Crippen molar-refractivity contribution in [2.45, 2.75) is 19.8 Å². The predicted molar refractivity (Wildman–Crippen MR) is 80.0 cm³/mol. The number of hydrogen-bond donors (Lipinski definition) is 1. The Labute approximate surface area is 115 Å². The maximum absolute atomic E-state index is 6.28. The largest absolute Gasteiger partial charge is 0.373 e.